The van der Waals surface area contributed by atoms with Gasteiger partial charge in [-0.15, -0.1) is 0 Å². The molecule has 0 bridgehead atoms. The maximum absolute atomic E-state index is 12.3. The fraction of sp³-hybridized carbons (Fsp3) is 0.357. The first-order valence-electron chi connectivity index (χ1n) is 6.71. The van der Waals surface area contributed by atoms with Crippen molar-refractivity contribution in [1.82, 2.24) is 14.3 Å². The average molecular weight is 291 g/mol. The Morgan fingerprint density at radius 2 is 1.85 bits per heavy atom. The summed E-state index contributed by atoms with van der Waals surface area (Å²) in [4.78, 5) is 6.46. The van der Waals surface area contributed by atoms with E-state index in [2.05, 4.69) is 22.1 Å². The minimum absolute atomic E-state index is 0.177. The van der Waals surface area contributed by atoms with E-state index in [-0.39, 0.29) is 5.03 Å². The minimum atomic E-state index is -3.41. The number of benzene rings is 1. The summed E-state index contributed by atoms with van der Waals surface area (Å²) in [5.74, 6) is 0.449. The molecule has 106 valence electrons. The van der Waals surface area contributed by atoms with Gasteiger partial charge in [-0.3, -0.25) is 0 Å². The number of nitrogens with zero attached hydrogens (tertiary/aromatic N) is 2. The third-order valence-electron chi connectivity index (χ3n) is 3.82. The summed E-state index contributed by atoms with van der Waals surface area (Å²) < 4.78 is 26.2. The number of nitrogens with one attached hydrogen (secondary N) is 1. The summed E-state index contributed by atoms with van der Waals surface area (Å²) in [6, 6.07) is 10.3. The number of sulfonamides is 1. The smallest absolute Gasteiger partial charge is 0.260 e. The summed E-state index contributed by atoms with van der Waals surface area (Å²) >= 11 is 0. The standard InChI is InChI=1S/C14H17N3O2S/c18-20(19,14-10-15-11-16-14)17-8-6-13(7-9-17)12-4-2-1-3-5-12/h1-5,10-11,13H,6-9H2,(H,15,16). The fourth-order valence-corrected chi connectivity index (χ4v) is 4.04. The van der Waals surface area contributed by atoms with E-state index in [4.69, 9.17) is 0 Å². The monoisotopic (exact) mass is 291 g/mol. The lowest BCUT2D eigenvalue weighted by atomic mass is 9.90. The molecule has 0 unspecified atom stereocenters. The Morgan fingerprint density at radius 3 is 2.45 bits per heavy atom. The first kappa shape index (κ1) is 13.3. The highest BCUT2D eigenvalue weighted by atomic mass is 32.2. The summed E-state index contributed by atoms with van der Waals surface area (Å²) in [6.07, 6.45) is 4.47. The van der Waals surface area contributed by atoms with Gasteiger partial charge < -0.3 is 4.98 Å². The number of aromatic amines is 1. The van der Waals surface area contributed by atoms with Gasteiger partial charge in [0.25, 0.3) is 10.0 Å². The van der Waals surface area contributed by atoms with E-state index in [1.807, 2.05) is 18.2 Å². The predicted octanol–water partition coefficient (Wildman–Crippen LogP) is 1.98. The van der Waals surface area contributed by atoms with Crippen LogP contribution in [0.3, 0.4) is 0 Å². The van der Waals surface area contributed by atoms with Crippen LogP contribution in [0.25, 0.3) is 0 Å². The van der Waals surface area contributed by atoms with E-state index in [0.717, 1.165) is 12.8 Å². The molecule has 1 fully saturated rings. The van der Waals surface area contributed by atoms with Crippen molar-refractivity contribution >= 4 is 10.0 Å². The van der Waals surface area contributed by atoms with Gasteiger partial charge in [0.1, 0.15) is 0 Å². The van der Waals surface area contributed by atoms with Crippen molar-refractivity contribution in [3.63, 3.8) is 0 Å². The molecule has 5 nitrogen and oxygen atoms in total. The quantitative estimate of drug-likeness (QED) is 0.940. The van der Waals surface area contributed by atoms with E-state index < -0.39 is 10.0 Å². The molecule has 1 aliphatic heterocycles. The lowest BCUT2D eigenvalue weighted by Crippen LogP contribution is -2.38. The first-order chi connectivity index (χ1) is 9.68. The van der Waals surface area contributed by atoms with E-state index in [1.165, 1.54) is 18.1 Å². The van der Waals surface area contributed by atoms with Crippen LogP contribution < -0.4 is 0 Å². The minimum Gasteiger partial charge on any atom is -0.335 e. The van der Waals surface area contributed by atoms with Crippen LogP contribution in [0.15, 0.2) is 47.9 Å². The number of aromatic nitrogens is 2. The second kappa shape index (κ2) is 5.38. The Balaban J connectivity index is 1.70. The molecule has 0 spiro atoms. The van der Waals surface area contributed by atoms with Crippen LogP contribution >= 0.6 is 0 Å². The molecule has 0 aliphatic carbocycles. The van der Waals surface area contributed by atoms with Gasteiger partial charge in [-0.1, -0.05) is 30.3 Å². The Kier molecular flexibility index (Phi) is 3.58. The van der Waals surface area contributed by atoms with Gasteiger partial charge >= 0.3 is 0 Å². The molecule has 1 aliphatic rings. The SMILES string of the molecule is O=S(=O)(c1cnc[nH]1)N1CCC(c2ccccc2)CC1. The Morgan fingerprint density at radius 1 is 1.15 bits per heavy atom. The number of imidazole rings is 1. The molecule has 6 heteroatoms. The maximum Gasteiger partial charge on any atom is 0.260 e. The summed E-state index contributed by atoms with van der Waals surface area (Å²) in [7, 11) is -3.41. The lowest BCUT2D eigenvalue weighted by molar-refractivity contribution is 0.319. The zero-order valence-electron chi connectivity index (χ0n) is 11.1. The van der Waals surface area contributed by atoms with Crippen LogP contribution in [0.4, 0.5) is 0 Å². The van der Waals surface area contributed by atoms with Crippen molar-refractivity contribution in [2.45, 2.75) is 23.8 Å². The number of H-pyrrole nitrogens is 1. The average Bonchev–Trinajstić information content (AvgIpc) is 3.03. The van der Waals surface area contributed by atoms with Crippen molar-refractivity contribution in [2.24, 2.45) is 0 Å². The zero-order valence-corrected chi connectivity index (χ0v) is 11.9. The van der Waals surface area contributed by atoms with Crippen LogP contribution in [-0.4, -0.2) is 35.8 Å². The van der Waals surface area contributed by atoms with Gasteiger partial charge in [0.05, 0.1) is 12.5 Å². The molecule has 0 atom stereocenters. The molecule has 20 heavy (non-hydrogen) atoms. The predicted molar refractivity (Wildman–Crippen MR) is 75.8 cm³/mol. The Hall–Kier alpha value is -1.66. The molecular weight excluding hydrogens is 274 g/mol. The highest BCUT2D eigenvalue weighted by Gasteiger charge is 2.30. The summed E-state index contributed by atoms with van der Waals surface area (Å²) in [5, 5.41) is 0.177. The molecule has 1 saturated heterocycles. The van der Waals surface area contributed by atoms with Crippen LogP contribution in [0.5, 0.6) is 0 Å². The molecule has 0 radical (unpaired) electrons. The highest BCUT2D eigenvalue weighted by molar-refractivity contribution is 7.89. The van der Waals surface area contributed by atoms with Crippen LogP contribution in [0, 0.1) is 0 Å². The molecule has 3 rings (SSSR count). The van der Waals surface area contributed by atoms with Gasteiger partial charge in [-0.25, -0.2) is 13.4 Å². The van der Waals surface area contributed by atoms with Crippen molar-refractivity contribution in [3.8, 4) is 0 Å². The van der Waals surface area contributed by atoms with Crippen LogP contribution in [0.1, 0.15) is 24.3 Å². The van der Waals surface area contributed by atoms with Crippen molar-refractivity contribution in [2.75, 3.05) is 13.1 Å². The van der Waals surface area contributed by atoms with E-state index in [1.54, 1.807) is 4.31 Å². The lowest BCUT2D eigenvalue weighted by Gasteiger charge is -2.30. The molecule has 2 heterocycles. The van der Waals surface area contributed by atoms with Crippen LogP contribution in [0.2, 0.25) is 0 Å². The molecule has 1 aromatic heterocycles. The number of rotatable bonds is 3. The van der Waals surface area contributed by atoms with Crippen LogP contribution in [-0.2, 0) is 10.0 Å². The van der Waals surface area contributed by atoms with E-state index in [9.17, 15) is 8.42 Å². The Labute approximate surface area is 118 Å². The molecule has 1 N–H and O–H groups in total. The number of hydrogen-bond donors (Lipinski definition) is 1. The number of piperidine rings is 1. The van der Waals surface area contributed by atoms with Gasteiger partial charge in [0.15, 0.2) is 5.03 Å². The van der Waals surface area contributed by atoms with Crippen molar-refractivity contribution in [1.29, 1.82) is 0 Å². The Bertz CT molecular complexity index is 645. The third-order valence-corrected chi connectivity index (χ3v) is 5.64. The molecule has 2 aromatic rings. The van der Waals surface area contributed by atoms with E-state index in [0.29, 0.717) is 19.0 Å². The van der Waals surface area contributed by atoms with Crippen molar-refractivity contribution in [3.05, 3.63) is 48.4 Å². The summed E-state index contributed by atoms with van der Waals surface area (Å²) in [6.45, 7) is 1.11. The fourth-order valence-electron chi connectivity index (χ4n) is 2.68. The molecule has 0 amide bonds. The van der Waals surface area contributed by atoms with Crippen molar-refractivity contribution < 1.29 is 8.42 Å². The number of hydrogen-bond acceptors (Lipinski definition) is 3. The zero-order chi connectivity index (χ0) is 14.0. The largest absolute Gasteiger partial charge is 0.335 e. The second-order valence-corrected chi connectivity index (χ2v) is 6.91. The third kappa shape index (κ3) is 2.48. The van der Waals surface area contributed by atoms with Gasteiger partial charge in [-0.05, 0) is 24.3 Å². The molecular formula is C14H17N3O2S. The maximum atomic E-state index is 12.3. The molecule has 0 saturated carbocycles. The first-order valence-corrected chi connectivity index (χ1v) is 8.15. The van der Waals surface area contributed by atoms with Gasteiger partial charge in [-0.2, -0.15) is 4.31 Å². The van der Waals surface area contributed by atoms with Gasteiger partial charge in [0, 0.05) is 13.1 Å². The topological polar surface area (TPSA) is 66.1 Å². The highest BCUT2D eigenvalue weighted by Crippen LogP contribution is 2.29. The van der Waals surface area contributed by atoms with Gasteiger partial charge in [0.2, 0.25) is 0 Å². The summed E-state index contributed by atoms with van der Waals surface area (Å²) in [5.41, 5.74) is 1.30. The molecule has 1 aromatic carbocycles. The normalized spacial score (nSPS) is 18.2. The second-order valence-electron chi connectivity index (χ2n) is 5.00. The van der Waals surface area contributed by atoms with E-state index >= 15 is 0 Å².